The van der Waals surface area contributed by atoms with E-state index in [1.807, 2.05) is 35.2 Å². The van der Waals surface area contributed by atoms with Crippen molar-refractivity contribution in [2.75, 3.05) is 37.6 Å². The van der Waals surface area contributed by atoms with Crippen molar-refractivity contribution in [3.63, 3.8) is 0 Å². The summed E-state index contributed by atoms with van der Waals surface area (Å²) in [6, 6.07) is 18.5. The van der Waals surface area contributed by atoms with Crippen LogP contribution in [-0.2, 0) is 19.5 Å². The van der Waals surface area contributed by atoms with Gasteiger partial charge in [0.1, 0.15) is 17.3 Å². The average molecular weight is 605 g/mol. The molecule has 1 aliphatic rings. The highest BCUT2D eigenvalue weighted by Crippen LogP contribution is 2.21. The Labute approximate surface area is 252 Å². The van der Waals surface area contributed by atoms with E-state index < -0.39 is 33.8 Å². The van der Waals surface area contributed by atoms with Crippen LogP contribution in [0.5, 0.6) is 0 Å². The fourth-order valence-corrected chi connectivity index (χ4v) is 5.61. The SMILES string of the molecule is Cc1c(N2CCN(CCc3ccc([N+](=O)[O-])cc3)CC2)c(=O)n(CC(N)c2ccccc2)c(=O)n1Cc1c(F)cccc1F. The number of hydrogen-bond donors (Lipinski definition) is 1. The summed E-state index contributed by atoms with van der Waals surface area (Å²) in [5.41, 5.74) is 7.38. The summed E-state index contributed by atoms with van der Waals surface area (Å²) < 4.78 is 31.7. The second-order valence-corrected chi connectivity index (χ2v) is 10.9. The fourth-order valence-electron chi connectivity index (χ4n) is 5.61. The number of hydrogen-bond acceptors (Lipinski definition) is 7. The molecule has 1 unspecified atom stereocenters. The molecule has 0 spiro atoms. The molecule has 10 nitrogen and oxygen atoms in total. The Hall–Kier alpha value is -4.68. The molecule has 2 N–H and O–H groups in total. The number of nitro benzene ring substituents is 1. The number of nitro groups is 1. The molecule has 1 fully saturated rings. The van der Waals surface area contributed by atoms with E-state index in [1.165, 1.54) is 22.8 Å². The molecule has 3 aromatic carbocycles. The Kier molecular flexibility index (Phi) is 9.31. The Morgan fingerprint density at radius 1 is 0.886 bits per heavy atom. The number of anilines is 1. The normalized spacial score (nSPS) is 14.5. The van der Waals surface area contributed by atoms with Gasteiger partial charge in [-0.25, -0.2) is 13.6 Å². The monoisotopic (exact) mass is 604 g/mol. The number of rotatable bonds is 10. The summed E-state index contributed by atoms with van der Waals surface area (Å²) in [6.45, 7) is 4.12. The van der Waals surface area contributed by atoms with Gasteiger partial charge in [0.25, 0.3) is 11.2 Å². The van der Waals surface area contributed by atoms with E-state index in [9.17, 15) is 28.5 Å². The minimum atomic E-state index is -0.779. The smallest absolute Gasteiger partial charge is 0.331 e. The van der Waals surface area contributed by atoms with E-state index >= 15 is 0 Å². The van der Waals surface area contributed by atoms with Crippen LogP contribution in [0.1, 0.15) is 28.4 Å². The molecule has 1 aliphatic heterocycles. The maximum Gasteiger partial charge on any atom is 0.331 e. The van der Waals surface area contributed by atoms with Gasteiger partial charge in [-0.1, -0.05) is 48.5 Å². The lowest BCUT2D eigenvalue weighted by Gasteiger charge is -2.37. The number of aromatic nitrogens is 2. The fraction of sp³-hybridized carbons (Fsp3) is 0.312. The van der Waals surface area contributed by atoms with Gasteiger partial charge in [0.15, 0.2) is 0 Å². The van der Waals surface area contributed by atoms with Crippen molar-refractivity contribution in [2.45, 2.75) is 32.5 Å². The maximum absolute atomic E-state index is 14.7. The lowest BCUT2D eigenvalue weighted by Crippen LogP contribution is -2.52. The van der Waals surface area contributed by atoms with Crippen LogP contribution in [0.25, 0.3) is 0 Å². The maximum atomic E-state index is 14.7. The van der Waals surface area contributed by atoms with Crippen molar-refractivity contribution in [1.82, 2.24) is 14.0 Å². The Balaban J connectivity index is 1.41. The highest BCUT2D eigenvalue weighted by molar-refractivity contribution is 5.50. The third-order valence-electron chi connectivity index (χ3n) is 8.19. The summed E-state index contributed by atoms with van der Waals surface area (Å²) in [5, 5.41) is 10.9. The minimum Gasteiger partial charge on any atom is -0.363 e. The standard InChI is InChI=1S/C32H34F2N6O4/c1-22-30(37-18-16-36(17-19-37)15-14-23-10-12-25(13-11-23)40(43)44)31(41)39(21-29(35)24-6-3-2-4-7-24)32(42)38(22)20-26-27(33)8-5-9-28(26)34/h2-13,29H,14-21,35H2,1H3. The van der Waals surface area contributed by atoms with E-state index in [-0.39, 0.29) is 24.3 Å². The molecule has 0 radical (unpaired) electrons. The first-order valence-electron chi connectivity index (χ1n) is 14.4. The molecule has 12 heteroatoms. The van der Waals surface area contributed by atoms with Crippen LogP contribution in [0.4, 0.5) is 20.2 Å². The first-order chi connectivity index (χ1) is 21.1. The topological polar surface area (TPSA) is 120 Å². The van der Waals surface area contributed by atoms with Crippen molar-refractivity contribution >= 4 is 11.4 Å². The second-order valence-electron chi connectivity index (χ2n) is 10.9. The predicted octanol–water partition coefficient (Wildman–Crippen LogP) is 3.62. The van der Waals surface area contributed by atoms with Gasteiger partial charge in [0.2, 0.25) is 0 Å². The molecular formula is C32H34F2N6O4. The van der Waals surface area contributed by atoms with E-state index in [2.05, 4.69) is 4.90 Å². The van der Waals surface area contributed by atoms with Crippen LogP contribution < -0.4 is 21.9 Å². The van der Waals surface area contributed by atoms with Crippen molar-refractivity contribution < 1.29 is 13.7 Å². The average Bonchev–Trinajstić information content (AvgIpc) is 3.02. The molecule has 44 heavy (non-hydrogen) atoms. The molecule has 0 aliphatic carbocycles. The van der Waals surface area contributed by atoms with Crippen LogP contribution in [0, 0.1) is 28.7 Å². The summed E-state index contributed by atoms with van der Waals surface area (Å²) in [4.78, 5) is 42.3. The zero-order valence-electron chi connectivity index (χ0n) is 24.4. The van der Waals surface area contributed by atoms with Crippen molar-refractivity contribution in [3.8, 4) is 0 Å². The van der Waals surface area contributed by atoms with E-state index in [4.69, 9.17) is 5.73 Å². The Bertz CT molecular complexity index is 1730. The number of piperazine rings is 1. The highest BCUT2D eigenvalue weighted by atomic mass is 19.1. The highest BCUT2D eigenvalue weighted by Gasteiger charge is 2.26. The predicted molar refractivity (Wildman–Crippen MR) is 164 cm³/mol. The summed E-state index contributed by atoms with van der Waals surface area (Å²) in [5.74, 6) is -1.56. The quantitative estimate of drug-likeness (QED) is 0.217. The number of nitrogens with zero attached hydrogens (tertiary/aromatic N) is 5. The van der Waals surface area contributed by atoms with Gasteiger partial charge in [-0.15, -0.1) is 0 Å². The lowest BCUT2D eigenvalue weighted by atomic mass is 10.1. The van der Waals surface area contributed by atoms with Crippen molar-refractivity contribution in [1.29, 1.82) is 0 Å². The van der Waals surface area contributed by atoms with Crippen molar-refractivity contribution in [2.24, 2.45) is 5.73 Å². The number of nitrogens with two attached hydrogens (primary N) is 1. The van der Waals surface area contributed by atoms with Gasteiger partial charge in [0.05, 0.1) is 18.0 Å². The third-order valence-corrected chi connectivity index (χ3v) is 8.19. The van der Waals surface area contributed by atoms with Gasteiger partial charge in [0, 0.05) is 62.2 Å². The van der Waals surface area contributed by atoms with Crippen LogP contribution in [0.3, 0.4) is 0 Å². The Morgan fingerprint density at radius 3 is 2.14 bits per heavy atom. The van der Waals surface area contributed by atoms with Crippen molar-refractivity contribution in [3.05, 3.63) is 138 Å². The van der Waals surface area contributed by atoms with E-state index in [0.29, 0.717) is 44.0 Å². The molecule has 1 saturated heterocycles. The third kappa shape index (κ3) is 6.61. The zero-order chi connectivity index (χ0) is 31.4. The molecule has 5 rings (SSSR count). The van der Waals surface area contributed by atoms with Gasteiger partial charge in [-0.2, -0.15) is 0 Å². The molecule has 0 saturated carbocycles. The second kappa shape index (κ2) is 13.3. The first kappa shape index (κ1) is 30.8. The molecule has 0 bridgehead atoms. The van der Waals surface area contributed by atoms with Gasteiger partial charge in [-0.05, 0) is 36.6 Å². The van der Waals surface area contributed by atoms with Crippen LogP contribution in [0.15, 0.2) is 82.4 Å². The first-order valence-corrected chi connectivity index (χ1v) is 14.4. The molecule has 0 amide bonds. The molecule has 1 aromatic heterocycles. The van der Waals surface area contributed by atoms with Crippen LogP contribution in [-0.4, -0.2) is 51.7 Å². The van der Waals surface area contributed by atoms with E-state index in [1.54, 1.807) is 19.1 Å². The Morgan fingerprint density at radius 2 is 1.52 bits per heavy atom. The molecular weight excluding hydrogens is 570 g/mol. The van der Waals surface area contributed by atoms with Crippen LogP contribution in [0.2, 0.25) is 0 Å². The summed E-state index contributed by atoms with van der Waals surface area (Å²) >= 11 is 0. The number of non-ortho nitro benzene ring substituents is 1. The van der Waals surface area contributed by atoms with Gasteiger partial charge >= 0.3 is 5.69 Å². The number of halogens is 2. The molecule has 1 atom stereocenters. The van der Waals surface area contributed by atoms with E-state index in [0.717, 1.165) is 34.4 Å². The molecule has 4 aromatic rings. The zero-order valence-corrected chi connectivity index (χ0v) is 24.4. The molecule has 230 valence electrons. The summed E-state index contributed by atoms with van der Waals surface area (Å²) in [7, 11) is 0. The summed E-state index contributed by atoms with van der Waals surface area (Å²) in [6.07, 6.45) is 0.709. The molecule has 2 heterocycles. The van der Waals surface area contributed by atoms with Crippen LogP contribution >= 0.6 is 0 Å². The largest absolute Gasteiger partial charge is 0.363 e. The lowest BCUT2D eigenvalue weighted by molar-refractivity contribution is -0.384. The van der Waals surface area contributed by atoms with Gasteiger partial charge < -0.3 is 10.6 Å². The number of benzene rings is 3. The van der Waals surface area contributed by atoms with Gasteiger partial charge in [-0.3, -0.25) is 28.9 Å². The minimum absolute atomic E-state index is 0.0483.